The second-order valence-electron chi connectivity index (χ2n) is 6.86. The molecule has 2 aromatic carbocycles. The fourth-order valence-corrected chi connectivity index (χ4v) is 3.33. The van der Waals surface area contributed by atoms with Crippen molar-refractivity contribution in [1.82, 2.24) is 0 Å². The van der Waals surface area contributed by atoms with Crippen LogP contribution in [-0.2, 0) is 11.2 Å². The quantitative estimate of drug-likeness (QED) is 0.734. The van der Waals surface area contributed by atoms with Gasteiger partial charge in [0.05, 0.1) is 6.61 Å². The molecule has 0 radical (unpaired) electrons. The topological polar surface area (TPSA) is 79.2 Å². The molecule has 0 bridgehead atoms. The molecule has 1 aliphatic heterocycles. The van der Waals surface area contributed by atoms with E-state index in [4.69, 9.17) is 9.47 Å². The lowest BCUT2D eigenvalue weighted by Crippen LogP contribution is -2.48. The SMILES string of the molecule is CCOc1ccc(Cc2cccc([C@@H]3OC(=C(C)F)[C@@H](O)[C@H](O)[C@H]3O)c2)cc1. The number of halogens is 1. The van der Waals surface area contributed by atoms with Crippen molar-refractivity contribution in [2.24, 2.45) is 0 Å². The number of rotatable bonds is 5. The highest BCUT2D eigenvalue weighted by Gasteiger charge is 2.43. The predicted molar refractivity (Wildman–Crippen MR) is 103 cm³/mol. The van der Waals surface area contributed by atoms with Crippen LogP contribution in [0.4, 0.5) is 4.39 Å². The van der Waals surface area contributed by atoms with Gasteiger partial charge in [-0.05, 0) is 49.1 Å². The average Bonchev–Trinajstić information content (AvgIpc) is 2.68. The number of allylic oxidation sites excluding steroid dienone is 1. The van der Waals surface area contributed by atoms with Crippen LogP contribution < -0.4 is 4.74 Å². The number of aliphatic hydroxyl groups is 3. The number of ether oxygens (including phenoxy) is 2. The maximum absolute atomic E-state index is 13.7. The third-order valence-corrected chi connectivity index (χ3v) is 4.77. The van der Waals surface area contributed by atoms with Gasteiger partial charge in [-0.1, -0.05) is 36.4 Å². The standard InChI is InChI=1S/C22H25FO5/c1-3-27-17-9-7-14(8-10-17)11-15-5-4-6-16(12-15)22-20(26)18(24)19(25)21(28-22)13(2)23/h4-10,12,18-20,22,24-26H,3,11H2,1-2H3/t18-,19-,20+,22-/m0/s1. The van der Waals surface area contributed by atoms with Gasteiger partial charge < -0.3 is 24.8 Å². The molecule has 3 rings (SSSR count). The second-order valence-corrected chi connectivity index (χ2v) is 6.86. The molecular formula is C22H25FO5. The van der Waals surface area contributed by atoms with Crippen molar-refractivity contribution in [2.75, 3.05) is 6.61 Å². The summed E-state index contributed by atoms with van der Waals surface area (Å²) in [6.07, 6.45) is -4.82. The number of hydrogen-bond acceptors (Lipinski definition) is 5. The van der Waals surface area contributed by atoms with Gasteiger partial charge in [-0.15, -0.1) is 0 Å². The van der Waals surface area contributed by atoms with Gasteiger partial charge in [0.25, 0.3) is 0 Å². The molecule has 0 aromatic heterocycles. The first-order valence-electron chi connectivity index (χ1n) is 9.28. The van der Waals surface area contributed by atoms with E-state index in [0.717, 1.165) is 23.8 Å². The third kappa shape index (κ3) is 4.35. The third-order valence-electron chi connectivity index (χ3n) is 4.77. The molecule has 5 nitrogen and oxygen atoms in total. The normalized spacial score (nSPS) is 26.5. The zero-order valence-electron chi connectivity index (χ0n) is 15.9. The first-order valence-corrected chi connectivity index (χ1v) is 9.28. The molecule has 1 aliphatic rings. The van der Waals surface area contributed by atoms with Gasteiger partial charge in [-0.25, -0.2) is 4.39 Å². The van der Waals surface area contributed by atoms with Gasteiger partial charge in [0.1, 0.15) is 29.9 Å². The molecule has 150 valence electrons. The molecule has 4 atom stereocenters. The Labute approximate surface area is 163 Å². The van der Waals surface area contributed by atoms with E-state index in [-0.39, 0.29) is 5.76 Å². The lowest BCUT2D eigenvalue weighted by Gasteiger charge is -2.37. The van der Waals surface area contributed by atoms with Gasteiger partial charge >= 0.3 is 0 Å². The highest BCUT2D eigenvalue weighted by atomic mass is 19.1. The summed E-state index contributed by atoms with van der Waals surface area (Å²) in [5.41, 5.74) is 2.66. The Hall–Kier alpha value is -2.41. The van der Waals surface area contributed by atoms with Crippen LogP contribution in [0.25, 0.3) is 0 Å². The number of aliphatic hydroxyl groups excluding tert-OH is 3. The van der Waals surface area contributed by atoms with E-state index in [1.54, 1.807) is 6.07 Å². The Morgan fingerprint density at radius 1 is 1.04 bits per heavy atom. The van der Waals surface area contributed by atoms with Gasteiger partial charge in [0, 0.05) is 0 Å². The molecule has 2 aromatic rings. The van der Waals surface area contributed by atoms with Gasteiger partial charge in [-0.2, -0.15) is 0 Å². The van der Waals surface area contributed by atoms with Gasteiger partial charge in [-0.3, -0.25) is 0 Å². The number of benzene rings is 2. The van der Waals surface area contributed by atoms with Crippen LogP contribution in [0.2, 0.25) is 0 Å². The zero-order valence-corrected chi connectivity index (χ0v) is 15.9. The van der Waals surface area contributed by atoms with E-state index >= 15 is 0 Å². The first kappa shape index (κ1) is 20.3. The van der Waals surface area contributed by atoms with E-state index in [9.17, 15) is 19.7 Å². The maximum atomic E-state index is 13.7. The first-order chi connectivity index (χ1) is 13.4. The number of hydrogen-bond donors (Lipinski definition) is 3. The molecule has 0 saturated carbocycles. The largest absolute Gasteiger partial charge is 0.494 e. The van der Waals surface area contributed by atoms with Crippen LogP contribution in [0.15, 0.2) is 60.1 Å². The monoisotopic (exact) mass is 388 g/mol. The lowest BCUT2D eigenvalue weighted by molar-refractivity contribution is -0.159. The van der Waals surface area contributed by atoms with Crippen molar-refractivity contribution in [3.05, 3.63) is 76.8 Å². The van der Waals surface area contributed by atoms with Crippen LogP contribution in [0.3, 0.4) is 0 Å². The molecule has 0 aliphatic carbocycles. The minimum Gasteiger partial charge on any atom is -0.494 e. The molecule has 6 heteroatoms. The van der Waals surface area contributed by atoms with Crippen LogP contribution in [0, 0.1) is 0 Å². The Morgan fingerprint density at radius 3 is 2.39 bits per heavy atom. The summed E-state index contributed by atoms with van der Waals surface area (Å²) in [5.74, 6) is -0.263. The molecule has 28 heavy (non-hydrogen) atoms. The summed E-state index contributed by atoms with van der Waals surface area (Å²) in [4.78, 5) is 0. The predicted octanol–water partition coefficient (Wildman–Crippen LogP) is 3.03. The Bertz CT molecular complexity index is 829. The Morgan fingerprint density at radius 2 is 1.75 bits per heavy atom. The molecule has 1 fully saturated rings. The van der Waals surface area contributed by atoms with Crippen molar-refractivity contribution in [2.45, 2.75) is 44.7 Å². The van der Waals surface area contributed by atoms with Crippen molar-refractivity contribution < 1.29 is 29.2 Å². The van der Waals surface area contributed by atoms with E-state index in [1.807, 2.05) is 49.4 Å². The smallest absolute Gasteiger partial charge is 0.159 e. The molecule has 1 heterocycles. The minimum atomic E-state index is -1.59. The summed E-state index contributed by atoms with van der Waals surface area (Å²) in [6.45, 7) is 3.69. The van der Waals surface area contributed by atoms with E-state index in [1.165, 1.54) is 0 Å². The highest BCUT2D eigenvalue weighted by molar-refractivity contribution is 5.34. The van der Waals surface area contributed by atoms with Crippen LogP contribution in [-0.4, -0.2) is 40.2 Å². The summed E-state index contributed by atoms with van der Waals surface area (Å²) < 4.78 is 24.6. The van der Waals surface area contributed by atoms with Gasteiger partial charge in [0.15, 0.2) is 11.9 Å². The molecule has 1 saturated heterocycles. The fourth-order valence-electron chi connectivity index (χ4n) is 3.33. The molecule has 0 amide bonds. The summed E-state index contributed by atoms with van der Waals surface area (Å²) >= 11 is 0. The van der Waals surface area contributed by atoms with Gasteiger partial charge in [0.2, 0.25) is 0 Å². The summed E-state index contributed by atoms with van der Waals surface area (Å²) in [6, 6.07) is 15.1. The summed E-state index contributed by atoms with van der Waals surface area (Å²) in [7, 11) is 0. The maximum Gasteiger partial charge on any atom is 0.159 e. The van der Waals surface area contributed by atoms with Crippen molar-refractivity contribution in [3.63, 3.8) is 0 Å². The molecular weight excluding hydrogens is 363 g/mol. The highest BCUT2D eigenvalue weighted by Crippen LogP contribution is 2.36. The Kier molecular flexibility index (Phi) is 6.34. The van der Waals surface area contributed by atoms with E-state index < -0.39 is 30.2 Å². The van der Waals surface area contributed by atoms with Crippen molar-refractivity contribution in [1.29, 1.82) is 0 Å². The van der Waals surface area contributed by atoms with E-state index in [2.05, 4.69) is 0 Å². The van der Waals surface area contributed by atoms with Crippen molar-refractivity contribution >= 4 is 0 Å². The average molecular weight is 388 g/mol. The van der Waals surface area contributed by atoms with Crippen molar-refractivity contribution in [3.8, 4) is 5.75 Å². The zero-order chi connectivity index (χ0) is 20.3. The van der Waals surface area contributed by atoms with Crippen LogP contribution >= 0.6 is 0 Å². The molecule has 0 unspecified atom stereocenters. The fraction of sp³-hybridized carbons (Fsp3) is 0.364. The Balaban J connectivity index is 1.81. The lowest BCUT2D eigenvalue weighted by atomic mass is 9.91. The second kappa shape index (κ2) is 8.73. The minimum absolute atomic E-state index is 0.347. The van der Waals surface area contributed by atoms with E-state index in [0.29, 0.717) is 18.6 Å². The molecule has 0 spiro atoms. The van der Waals surface area contributed by atoms with Crippen LogP contribution in [0.1, 0.15) is 36.6 Å². The summed E-state index contributed by atoms with van der Waals surface area (Å²) in [5, 5.41) is 30.3. The molecule has 3 N–H and O–H groups in total. The van der Waals surface area contributed by atoms with Crippen LogP contribution in [0.5, 0.6) is 5.75 Å².